The highest BCUT2D eigenvalue weighted by molar-refractivity contribution is 7.99. The molecule has 334 valence electrons. The molecule has 12 nitrogen and oxygen atoms in total. The molecule has 10 atom stereocenters. The van der Waals surface area contributed by atoms with Crippen molar-refractivity contribution in [1.82, 2.24) is 30.0 Å². The average molecular weight is 882 g/mol. The summed E-state index contributed by atoms with van der Waals surface area (Å²) in [4.78, 5) is 26.1. The molecular weight excluding hydrogens is 823 g/mol. The average Bonchev–Trinajstić information content (AvgIpc) is 3.34. The predicted octanol–water partition coefficient (Wildman–Crippen LogP) is 8.81. The number of nitrogens with zero attached hydrogens (tertiary/aromatic N) is 6. The molecule has 9 heterocycles. The first-order chi connectivity index (χ1) is 31.4. The molecule has 64 heavy (non-hydrogen) atoms. The van der Waals surface area contributed by atoms with Crippen LogP contribution in [0.25, 0.3) is 32.6 Å². The quantitative estimate of drug-likeness (QED) is 0.0877. The lowest BCUT2D eigenvalue weighted by Crippen LogP contribution is -2.56. The minimum absolute atomic E-state index is 0.106. The number of rotatable bonds is 17. The minimum Gasteiger partial charge on any atom is -0.497 e. The van der Waals surface area contributed by atoms with Crippen molar-refractivity contribution in [3.05, 3.63) is 96.3 Å². The molecule has 6 aliphatic rings. The highest BCUT2D eigenvalue weighted by Gasteiger charge is 2.46. The largest absolute Gasteiger partial charge is 0.497 e. The van der Waals surface area contributed by atoms with E-state index in [-0.39, 0.29) is 30.2 Å². The zero-order valence-corrected chi connectivity index (χ0v) is 37.9. The van der Waals surface area contributed by atoms with E-state index in [2.05, 4.69) is 53.1 Å². The zero-order valence-electron chi connectivity index (χ0n) is 37.1. The molecular formula is C51H59N7O5S. The molecule has 0 saturated carbocycles. The first-order valence-corrected chi connectivity index (χ1v) is 24.3. The number of ether oxygens (including phenoxy) is 4. The summed E-state index contributed by atoms with van der Waals surface area (Å²) in [6.45, 7) is 6.48. The van der Waals surface area contributed by atoms with Crippen LogP contribution in [-0.4, -0.2) is 99.9 Å². The maximum absolute atomic E-state index is 11.3. The van der Waals surface area contributed by atoms with Gasteiger partial charge >= 0.3 is 0 Å². The van der Waals surface area contributed by atoms with E-state index in [1.807, 2.05) is 60.6 Å². The fourth-order valence-corrected chi connectivity index (χ4v) is 12.5. The van der Waals surface area contributed by atoms with Crippen molar-refractivity contribution in [3.63, 3.8) is 0 Å². The number of nitrogens with two attached hydrogens (primary N) is 1. The molecule has 2 N–H and O–H groups in total. The summed E-state index contributed by atoms with van der Waals surface area (Å²) in [5.41, 5.74) is 9.33. The van der Waals surface area contributed by atoms with Gasteiger partial charge in [0.05, 0.1) is 48.1 Å². The maximum atomic E-state index is 11.3. The highest BCUT2D eigenvalue weighted by Crippen LogP contribution is 2.48. The molecule has 6 fully saturated rings. The zero-order chi connectivity index (χ0) is 43.7. The van der Waals surface area contributed by atoms with Gasteiger partial charge in [-0.3, -0.25) is 24.6 Å². The van der Waals surface area contributed by atoms with Gasteiger partial charge in [-0.2, -0.15) is 11.8 Å². The van der Waals surface area contributed by atoms with Crippen LogP contribution in [-0.2, 0) is 4.79 Å². The Balaban J connectivity index is 1.01. The van der Waals surface area contributed by atoms with Crippen LogP contribution in [0.5, 0.6) is 23.3 Å². The molecule has 4 bridgehead atoms. The summed E-state index contributed by atoms with van der Waals surface area (Å²) >= 11 is 1.83. The van der Waals surface area contributed by atoms with Crippen molar-refractivity contribution < 1.29 is 23.7 Å². The molecule has 3 aromatic carbocycles. The standard InChI is InChI=1S/C51H59N7O5S/c1-4-31-29-57-21-15-32(31)25-45(57)48(37-13-19-53-43-11-9-35(60-2)27-41(37)43)62-50-39-7-5-6-8-40(39)51(56-55-50)63-49(38-14-20-54-44-12-10-36(61-3)28-42(38)44)46-26-33-16-22-58(46)30-34(33)17-23-64-24-18-47(52)59/h5-14,19-20,27-28,31-34,45-46,48-49H,4,15-18,21-26,29-30H2,1-3H3,(H2,52,59)/t31-,32-,33+,34-,45-,46-,48+,49+/m0/s1. The van der Waals surface area contributed by atoms with Gasteiger partial charge in [0.1, 0.15) is 23.7 Å². The lowest BCUT2D eigenvalue weighted by Gasteiger charge is -2.52. The second-order valence-electron chi connectivity index (χ2n) is 18.2. The van der Waals surface area contributed by atoms with Crippen LogP contribution in [0.3, 0.4) is 0 Å². The van der Waals surface area contributed by atoms with Crippen molar-refractivity contribution in [2.45, 2.75) is 76.2 Å². The molecule has 6 aromatic rings. The third kappa shape index (κ3) is 8.42. The summed E-state index contributed by atoms with van der Waals surface area (Å²) in [6.07, 6.45) is 10.3. The van der Waals surface area contributed by atoms with E-state index in [1.54, 1.807) is 14.2 Å². The van der Waals surface area contributed by atoms with Crippen LogP contribution in [0.15, 0.2) is 85.2 Å². The Morgan fingerprint density at radius 2 is 1.25 bits per heavy atom. The van der Waals surface area contributed by atoms with E-state index in [9.17, 15) is 4.79 Å². The van der Waals surface area contributed by atoms with Gasteiger partial charge in [0.25, 0.3) is 0 Å². The number of thioether (sulfide) groups is 1. The molecule has 6 aliphatic heterocycles. The van der Waals surface area contributed by atoms with Gasteiger partial charge in [-0.25, -0.2) is 0 Å². The Hall–Kier alpha value is -5.24. The van der Waals surface area contributed by atoms with Crippen LogP contribution in [0, 0.1) is 23.7 Å². The molecule has 0 aliphatic carbocycles. The van der Waals surface area contributed by atoms with Gasteiger partial charge in [-0.05, 0) is 135 Å². The SMILES string of the molecule is CC[C@H]1CN2CC[C@H]1C[C@H]2[C@H](Oc1nnc(O[C@H](c2ccnc3ccc(OC)cc23)[C@@H]2C[C@H]3CCN2C[C@@H]3CCSCCC(N)=O)c2ccccc12)c1ccnc2ccc(OC)cc12. The van der Waals surface area contributed by atoms with E-state index < -0.39 is 0 Å². The summed E-state index contributed by atoms with van der Waals surface area (Å²) in [7, 11) is 3.40. The van der Waals surface area contributed by atoms with E-state index in [0.29, 0.717) is 41.9 Å². The number of piperidine rings is 6. The number of primary amides is 1. The molecule has 6 saturated heterocycles. The van der Waals surface area contributed by atoms with E-state index in [4.69, 9.17) is 44.8 Å². The Morgan fingerprint density at radius 3 is 1.72 bits per heavy atom. The summed E-state index contributed by atoms with van der Waals surface area (Å²) < 4.78 is 26.1. The molecule has 12 rings (SSSR count). The Morgan fingerprint density at radius 1 is 0.719 bits per heavy atom. The van der Waals surface area contributed by atoms with Gasteiger partial charge in [0.2, 0.25) is 17.7 Å². The summed E-state index contributed by atoms with van der Waals surface area (Å²) in [5, 5.41) is 13.6. The number of carbonyl (C=O) groups excluding carboxylic acids is 1. The third-order valence-electron chi connectivity index (χ3n) is 14.9. The van der Waals surface area contributed by atoms with Crippen LogP contribution in [0.1, 0.15) is 75.2 Å². The molecule has 0 radical (unpaired) electrons. The van der Waals surface area contributed by atoms with E-state index >= 15 is 0 Å². The number of amides is 1. The van der Waals surface area contributed by atoms with Crippen LogP contribution < -0.4 is 24.7 Å². The lowest BCUT2D eigenvalue weighted by atomic mass is 9.72. The number of hydrogen-bond donors (Lipinski definition) is 1. The number of methoxy groups -OCH3 is 2. The number of hydrogen-bond acceptors (Lipinski definition) is 12. The summed E-state index contributed by atoms with van der Waals surface area (Å²) in [6, 6.07) is 24.8. The van der Waals surface area contributed by atoms with Gasteiger partial charge < -0.3 is 24.7 Å². The first-order valence-electron chi connectivity index (χ1n) is 23.2. The second-order valence-corrected chi connectivity index (χ2v) is 19.5. The first kappa shape index (κ1) is 42.7. The minimum atomic E-state index is -0.362. The van der Waals surface area contributed by atoms with Crippen molar-refractivity contribution in [2.75, 3.05) is 51.9 Å². The second kappa shape index (κ2) is 18.7. The normalized spacial score (nSPS) is 25.9. The van der Waals surface area contributed by atoms with Crippen molar-refractivity contribution in [1.29, 1.82) is 0 Å². The van der Waals surface area contributed by atoms with Crippen molar-refractivity contribution in [3.8, 4) is 23.3 Å². The number of aromatic nitrogens is 4. The number of fused-ring (bicyclic) bond motifs is 9. The van der Waals surface area contributed by atoms with E-state index in [1.165, 1.54) is 19.3 Å². The van der Waals surface area contributed by atoms with Gasteiger partial charge in [-0.15, -0.1) is 10.2 Å². The highest BCUT2D eigenvalue weighted by atomic mass is 32.2. The number of benzene rings is 3. The molecule has 2 unspecified atom stereocenters. The predicted molar refractivity (Wildman–Crippen MR) is 252 cm³/mol. The third-order valence-corrected chi connectivity index (χ3v) is 15.9. The number of carbonyl (C=O) groups is 1. The van der Waals surface area contributed by atoms with Crippen molar-refractivity contribution >= 4 is 50.2 Å². The molecule has 1 amide bonds. The monoisotopic (exact) mass is 881 g/mol. The summed E-state index contributed by atoms with van der Waals surface area (Å²) in [5.74, 6) is 6.61. The smallest absolute Gasteiger partial charge is 0.242 e. The van der Waals surface area contributed by atoms with Crippen molar-refractivity contribution in [2.24, 2.45) is 29.4 Å². The molecule has 0 spiro atoms. The fourth-order valence-electron chi connectivity index (χ4n) is 11.5. The fraction of sp³-hybridized carbons (Fsp3) is 0.471. The molecule has 3 aromatic heterocycles. The Kier molecular flexibility index (Phi) is 12.5. The number of pyridine rings is 2. The van der Waals surface area contributed by atoms with E-state index in [0.717, 1.165) is 112 Å². The Bertz CT molecular complexity index is 2630. The lowest BCUT2D eigenvalue weighted by molar-refractivity contribution is -0.117. The van der Waals surface area contributed by atoms with Crippen LogP contribution in [0.4, 0.5) is 0 Å². The molecule has 13 heteroatoms. The van der Waals surface area contributed by atoms with Crippen LogP contribution in [0.2, 0.25) is 0 Å². The van der Waals surface area contributed by atoms with Gasteiger partial charge in [0.15, 0.2) is 0 Å². The van der Waals surface area contributed by atoms with Crippen LogP contribution >= 0.6 is 11.8 Å². The maximum Gasteiger partial charge on any atom is 0.242 e. The van der Waals surface area contributed by atoms with Gasteiger partial charge in [-0.1, -0.05) is 25.5 Å². The van der Waals surface area contributed by atoms with Gasteiger partial charge in [0, 0.05) is 59.6 Å². The Labute approximate surface area is 379 Å². The topological polar surface area (TPSA) is 138 Å².